The zero-order chi connectivity index (χ0) is 28.3. The summed E-state index contributed by atoms with van der Waals surface area (Å²) in [7, 11) is 0. The van der Waals surface area contributed by atoms with Crippen molar-refractivity contribution in [1.82, 2.24) is 0 Å². The molecule has 10 heteroatoms. The van der Waals surface area contributed by atoms with E-state index in [0.29, 0.717) is 16.7 Å². The van der Waals surface area contributed by atoms with E-state index in [4.69, 9.17) is 9.47 Å². The maximum Gasteiger partial charge on any atom is 0.157 e. The number of aliphatic hydroxyl groups excluding tert-OH is 2. The molecule has 5 atom stereocenters. The largest absolute Gasteiger partial charge is 0.508 e. The molecule has 0 spiro atoms. The third-order valence-electron chi connectivity index (χ3n) is 7.50. The van der Waals surface area contributed by atoms with E-state index in [9.17, 15) is 40.9 Å². The number of hydrogen-bond donors (Lipinski definition) is 8. The van der Waals surface area contributed by atoms with Crippen molar-refractivity contribution in [2.75, 3.05) is 0 Å². The number of phenolic OH excluding ortho intramolecular Hbond substituents is 6. The molecule has 2 aliphatic heterocycles. The van der Waals surface area contributed by atoms with Crippen molar-refractivity contribution >= 4 is 0 Å². The average molecular weight is 547 g/mol. The molecule has 4 aromatic rings. The fourth-order valence-corrected chi connectivity index (χ4v) is 5.54. The first-order valence-electron chi connectivity index (χ1n) is 12.5. The van der Waals surface area contributed by atoms with Gasteiger partial charge in [-0.15, -0.1) is 0 Å². The van der Waals surface area contributed by atoms with Crippen LogP contribution in [0.2, 0.25) is 0 Å². The summed E-state index contributed by atoms with van der Waals surface area (Å²) in [5.41, 5.74) is 1.49. The Morgan fingerprint density at radius 3 is 2.00 bits per heavy atom. The summed E-state index contributed by atoms with van der Waals surface area (Å²) in [5, 5.41) is 84.5. The molecule has 8 N–H and O–H groups in total. The maximum atomic E-state index is 11.6. The smallest absolute Gasteiger partial charge is 0.157 e. The predicted octanol–water partition coefficient (Wildman–Crippen LogP) is 3.58. The van der Waals surface area contributed by atoms with Crippen LogP contribution < -0.4 is 9.47 Å². The van der Waals surface area contributed by atoms with Gasteiger partial charge in [0, 0.05) is 41.2 Å². The number of rotatable bonds is 3. The lowest BCUT2D eigenvalue weighted by Gasteiger charge is -2.39. The van der Waals surface area contributed by atoms with Crippen molar-refractivity contribution in [2.45, 2.75) is 36.8 Å². The Morgan fingerprint density at radius 1 is 0.600 bits per heavy atom. The van der Waals surface area contributed by atoms with Crippen molar-refractivity contribution in [1.29, 1.82) is 0 Å². The number of benzene rings is 4. The van der Waals surface area contributed by atoms with Crippen LogP contribution in [0.25, 0.3) is 0 Å². The minimum Gasteiger partial charge on any atom is -0.508 e. The molecule has 10 nitrogen and oxygen atoms in total. The van der Waals surface area contributed by atoms with E-state index in [-0.39, 0.29) is 63.5 Å². The lowest BCUT2D eigenvalue weighted by Crippen LogP contribution is -2.35. The molecule has 4 aromatic carbocycles. The normalized spacial score (nSPS) is 23.4. The van der Waals surface area contributed by atoms with E-state index in [1.165, 1.54) is 54.6 Å². The lowest BCUT2D eigenvalue weighted by molar-refractivity contribution is 0.00667. The Kier molecular flexibility index (Phi) is 6.01. The fourth-order valence-electron chi connectivity index (χ4n) is 5.54. The Hall–Kier alpha value is -4.80. The molecule has 0 amide bonds. The van der Waals surface area contributed by atoms with Gasteiger partial charge in [-0.25, -0.2) is 0 Å². The molecular weight excluding hydrogens is 520 g/mol. The van der Waals surface area contributed by atoms with Gasteiger partial charge >= 0.3 is 0 Å². The van der Waals surface area contributed by atoms with Crippen molar-refractivity contribution in [3.63, 3.8) is 0 Å². The molecule has 0 bridgehead atoms. The van der Waals surface area contributed by atoms with Crippen LogP contribution in [0.3, 0.4) is 0 Å². The Morgan fingerprint density at radius 2 is 1.27 bits per heavy atom. The van der Waals surface area contributed by atoms with Crippen molar-refractivity contribution < 1.29 is 50.3 Å². The van der Waals surface area contributed by atoms with Gasteiger partial charge in [0.2, 0.25) is 0 Å². The zero-order valence-corrected chi connectivity index (χ0v) is 20.8. The van der Waals surface area contributed by atoms with Crippen LogP contribution in [0.15, 0.2) is 66.7 Å². The average Bonchev–Trinajstić information content (AvgIpc) is 2.92. The van der Waals surface area contributed by atoms with Gasteiger partial charge in [0.15, 0.2) is 17.6 Å². The molecular formula is C30H26O10. The predicted molar refractivity (Wildman–Crippen MR) is 140 cm³/mol. The van der Waals surface area contributed by atoms with Crippen LogP contribution in [-0.4, -0.2) is 53.1 Å². The molecule has 1 unspecified atom stereocenters. The topological polar surface area (TPSA) is 180 Å². The molecule has 40 heavy (non-hydrogen) atoms. The minimum absolute atomic E-state index is 0.0122. The maximum absolute atomic E-state index is 11.6. The molecule has 0 aromatic heterocycles. The van der Waals surface area contributed by atoms with E-state index < -0.39 is 30.3 Å². The van der Waals surface area contributed by atoms with Crippen molar-refractivity contribution in [3.8, 4) is 46.0 Å². The van der Waals surface area contributed by atoms with Crippen molar-refractivity contribution in [2.24, 2.45) is 0 Å². The molecule has 0 radical (unpaired) electrons. The number of aliphatic hydroxyl groups is 2. The number of ether oxygens (including phenoxy) is 2. The minimum atomic E-state index is -1.32. The van der Waals surface area contributed by atoms with Crippen LogP contribution in [-0.2, 0) is 6.42 Å². The van der Waals surface area contributed by atoms with Gasteiger partial charge in [0.1, 0.15) is 46.7 Å². The van der Waals surface area contributed by atoms with Crippen LogP contribution in [0.5, 0.6) is 46.0 Å². The molecule has 0 fully saturated rings. The molecule has 206 valence electrons. The van der Waals surface area contributed by atoms with E-state index in [1.54, 1.807) is 12.1 Å². The summed E-state index contributed by atoms with van der Waals surface area (Å²) >= 11 is 0. The zero-order valence-electron chi connectivity index (χ0n) is 20.8. The summed E-state index contributed by atoms with van der Waals surface area (Å²) in [5.74, 6) is -2.22. The van der Waals surface area contributed by atoms with E-state index >= 15 is 0 Å². The highest BCUT2D eigenvalue weighted by atomic mass is 16.5. The number of hydrogen-bond acceptors (Lipinski definition) is 10. The van der Waals surface area contributed by atoms with Crippen LogP contribution in [0.1, 0.15) is 45.9 Å². The Bertz CT molecular complexity index is 1600. The Labute approximate surface area is 227 Å². The number of fused-ring (bicyclic) bond motifs is 2. The van der Waals surface area contributed by atoms with Crippen molar-refractivity contribution in [3.05, 3.63) is 94.5 Å². The molecule has 2 heterocycles. The van der Waals surface area contributed by atoms with Gasteiger partial charge in [-0.3, -0.25) is 0 Å². The SMILES string of the molecule is Oc1ccc([C@H]2Oc3cc(O)ccc3C(c3c(O)cc4c(c3O)C[C@H](O)[C@@H](c3ccc(O)c(O)c3)O4)[C@@H]2O)cc1. The monoisotopic (exact) mass is 546 g/mol. The number of phenols is 6. The summed E-state index contributed by atoms with van der Waals surface area (Å²) in [6.07, 6.45) is -4.50. The fraction of sp³-hybridized carbons (Fsp3) is 0.200. The van der Waals surface area contributed by atoms with E-state index in [1.807, 2.05) is 0 Å². The highest BCUT2D eigenvalue weighted by molar-refractivity contribution is 5.63. The summed E-state index contributed by atoms with van der Waals surface area (Å²) in [6.45, 7) is 0. The first kappa shape index (κ1) is 25.5. The standard InChI is InChI=1S/C30H26O10/c31-15-4-1-13(2-5-15)30-28(38)25(17-7-6-16(32)10-23(17)40-30)26-21(35)12-24-18(27(26)37)11-22(36)29(39-24)14-3-8-19(33)20(34)9-14/h1-10,12,22,25,28-38H,11H2/t22-,25?,28-,29+,30+/m0/s1. The molecule has 2 aliphatic rings. The summed E-state index contributed by atoms with van der Waals surface area (Å²) in [4.78, 5) is 0. The first-order chi connectivity index (χ1) is 19.1. The third-order valence-corrected chi connectivity index (χ3v) is 7.50. The van der Waals surface area contributed by atoms with Gasteiger partial charge in [-0.2, -0.15) is 0 Å². The van der Waals surface area contributed by atoms with Gasteiger partial charge in [0.05, 0.1) is 6.10 Å². The molecule has 0 saturated carbocycles. The highest BCUT2D eigenvalue weighted by Crippen LogP contribution is 2.54. The van der Waals surface area contributed by atoms with E-state index in [0.717, 1.165) is 0 Å². The quantitative estimate of drug-likeness (QED) is 0.177. The van der Waals surface area contributed by atoms with Gasteiger partial charge in [0.25, 0.3) is 0 Å². The summed E-state index contributed by atoms with van der Waals surface area (Å²) in [6, 6.07) is 15.6. The number of aromatic hydroxyl groups is 6. The van der Waals surface area contributed by atoms with E-state index in [2.05, 4.69) is 0 Å². The Balaban J connectivity index is 1.44. The second-order valence-corrected chi connectivity index (χ2v) is 10.0. The second kappa shape index (κ2) is 9.44. The van der Waals surface area contributed by atoms with Gasteiger partial charge in [-0.05, 0) is 41.5 Å². The van der Waals surface area contributed by atoms with Gasteiger partial charge < -0.3 is 50.3 Å². The van der Waals surface area contributed by atoms with Crippen LogP contribution >= 0.6 is 0 Å². The molecule has 6 rings (SSSR count). The first-order valence-corrected chi connectivity index (χ1v) is 12.5. The molecule has 0 saturated heterocycles. The van der Waals surface area contributed by atoms with Crippen LogP contribution in [0, 0.1) is 0 Å². The molecule has 0 aliphatic carbocycles. The lowest BCUT2D eigenvalue weighted by atomic mass is 9.78. The highest BCUT2D eigenvalue weighted by Gasteiger charge is 2.43. The van der Waals surface area contributed by atoms with Gasteiger partial charge in [-0.1, -0.05) is 24.3 Å². The second-order valence-electron chi connectivity index (χ2n) is 10.0. The third kappa shape index (κ3) is 4.14. The van der Waals surface area contributed by atoms with Crippen LogP contribution in [0.4, 0.5) is 0 Å². The summed E-state index contributed by atoms with van der Waals surface area (Å²) < 4.78 is 12.0.